The largest absolute Gasteiger partial charge is 0.452 e. The van der Waals surface area contributed by atoms with E-state index < -0.39 is 17.5 Å². The highest BCUT2D eigenvalue weighted by atomic mass is 35.5. The molecule has 0 saturated heterocycles. The number of hydrogen-bond acceptors (Lipinski definition) is 5. The van der Waals surface area contributed by atoms with Crippen molar-refractivity contribution in [2.45, 2.75) is 19.9 Å². The molecule has 2 aromatic rings. The molecule has 0 spiro atoms. The van der Waals surface area contributed by atoms with Crippen LogP contribution in [0.3, 0.4) is 0 Å². The lowest BCUT2D eigenvalue weighted by Gasteiger charge is -2.26. The molecular weight excluding hydrogens is 384 g/mol. The first kappa shape index (κ1) is 21.1. The Balaban J connectivity index is 1.99. The third-order valence-electron chi connectivity index (χ3n) is 3.74. The SMILES string of the molecule is CC(C)N(C(=O)COC(=O)/C=C/c1ccc(Cl)c([N+](=O)[O-])c1)c1ccccc1. The predicted octanol–water partition coefficient (Wildman–Crippen LogP) is 4.25. The summed E-state index contributed by atoms with van der Waals surface area (Å²) in [4.78, 5) is 36.2. The summed E-state index contributed by atoms with van der Waals surface area (Å²) in [6, 6.07) is 13.1. The summed E-state index contributed by atoms with van der Waals surface area (Å²) in [6.07, 6.45) is 2.45. The highest BCUT2D eigenvalue weighted by Gasteiger charge is 2.20. The van der Waals surface area contributed by atoms with E-state index in [9.17, 15) is 19.7 Å². The van der Waals surface area contributed by atoms with Crippen molar-refractivity contribution in [3.8, 4) is 0 Å². The van der Waals surface area contributed by atoms with Crippen LogP contribution in [0.4, 0.5) is 11.4 Å². The second-order valence-corrected chi connectivity index (χ2v) is 6.51. The maximum Gasteiger partial charge on any atom is 0.331 e. The third-order valence-corrected chi connectivity index (χ3v) is 4.06. The second kappa shape index (κ2) is 9.66. The normalized spacial score (nSPS) is 10.9. The van der Waals surface area contributed by atoms with Gasteiger partial charge in [0, 0.05) is 23.9 Å². The topological polar surface area (TPSA) is 89.8 Å². The number of nitrogens with zero attached hydrogens (tertiary/aromatic N) is 2. The van der Waals surface area contributed by atoms with E-state index in [2.05, 4.69) is 0 Å². The Kier molecular flexibility index (Phi) is 7.28. The van der Waals surface area contributed by atoms with Crippen LogP contribution in [-0.4, -0.2) is 29.4 Å². The first-order valence-corrected chi connectivity index (χ1v) is 8.83. The monoisotopic (exact) mass is 402 g/mol. The zero-order valence-electron chi connectivity index (χ0n) is 15.4. The average Bonchev–Trinajstić information content (AvgIpc) is 2.66. The number of rotatable bonds is 7. The molecule has 7 nitrogen and oxygen atoms in total. The zero-order valence-corrected chi connectivity index (χ0v) is 16.1. The van der Waals surface area contributed by atoms with Crippen LogP contribution in [0.2, 0.25) is 5.02 Å². The fraction of sp³-hybridized carbons (Fsp3) is 0.200. The van der Waals surface area contributed by atoms with Crippen LogP contribution >= 0.6 is 11.6 Å². The number of hydrogen-bond donors (Lipinski definition) is 0. The quantitative estimate of drug-likeness (QED) is 0.299. The van der Waals surface area contributed by atoms with Gasteiger partial charge in [-0.3, -0.25) is 14.9 Å². The van der Waals surface area contributed by atoms with Crippen molar-refractivity contribution >= 4 is 40.9 Å². The summed E-state index contributed by atoms with van der Waals surface area (Å²) in [5.41, 5.74) is 0.859. The van der Waals surface area contributed by atoms with Crippen LogP contribution in [0.25, 0.3) is 6.08 Å². The number of carbonyl (C=O) groups excluding carboxylic acids is 2. The van der Waals surface area contributed by atoms with Gasteiger partial charge in [0.2, 0.25) is 0 Å². The number of ether oxygens (including phenoxy) is 1. The Morgan fingerprint density at radius 3 is 2.50 bits per heavy atom. The summed E-state index contributed by atoms with van der Waals surface area (Å²) < 4.78 is 5.00. The molecule has 0 saturated carbocycles. The van der Waals surface area contributed by atoms with Crippen LogP contribution < -0.4 is 4.90 Å². The van der Waals surface area contributed by atoms with E-state index in [4.69, 9.17) is 16.3 Å². The molecule has 0 aliphatic rings. The van der Waals surface area contributed by atoms with E-state index in [0.717, 1.165) is 6.08 Å². The van der Waals surface area contributed by atoms with Gasteiger partial charge < -0.3 is 9.64 Å². The molecule has 0 fully saturated rings. The summed E-state index contributed by atoms with van der Waals surface area (Å²) in [5, 5.41) is 10.9. The number of nitro groups is 1. The lowest BCUT2D eigenvalue weighted by atomic mass is 10.2. The van der Waals surface area contributed by atoms with Crippen molar-refractivity contribution in [3.63, 3.8) is 0 Å². The maximum atomic E-state index is 12.5. The van der Waals surface area contributed by atoms with Crippen LogP contribution in [-0.2, 0) is 14.3 Å². The van der Waals surface area contributed by atoms with Gasteiger partial charge in [0.1, 0.15) is 5.02 Å². The molecule has 0 heterocycles. The summed E-state index contributed by atoms with van der Waals surface area (Å²) in [6.45, 7) is 3.30. The van der Waals surface area contributed by atoms with Crippen molar-refractivity contribution in [2.75, 3.05) is 11.5 Å². The number of para-hydroxylation sites is 1. The van der Waals surface area contributed by atoms with E-state index in [1.165, 1.54) is 24.3 Å². The van der Waals surface area contributed by atoms with Gasteiger partial charge in [0.05, 0.1) is 4.92 Å². The molecule has 0 aliphatic carbocycles. The van der Waals surface area contributed by atoms with Crippen LogP contribution in [0.15, 0.2) is 54.6 Å². The Morgan fingerprint density at radius 1 is 1.21 bits per heavy atom. The number of nitro benzene ring substituents is 1. The van der Waals surface area contributed by atoms with Crippen LogP contribution in [0.5, 0.6) is 0 Å². The molecule has 28 heavy (non-hydrogen) atoms. The Labute approximate surface area is 167 Å². The lowest BCUT2D eigenvalue weighted by Crippen LogP contribution is -2.39. The third kappa shape index (κ3) is 5.65. The Hall–Kier alpha value is -3.19. The van der Waals surface area contributed by atoms with Crippen molar-refractivity contribution in [2.24, 2.45) is 0 Å². The highest BCUT2D eigenvalue weighted by Crippen LogP contribution is 2.25. The van der Waals surface area contributed by atoms with Crippen LogP contribution in [0, 0.1) is 10.1 Å². The number of carbonyl (C=O) groups is 2. The average molecular weight is 403 g/mol. The lowest BCUT2D eigenvalue weighted by molar-refractivity contribution is -0.384. The van der Waals surface area contributed by atoms with Gasteiger partial charge in [-0.15, -0.1) is 0 Å². The fourth-order valence-electron chi connectivity index (χ4n) is 2.51. The summed E-state index contributed by atoms with van der Waals surface area (Å²) in [7, 11) is 0. The second-order valence-electron chi connectivity index (χ2n) is 6.10. The standard InChI is InChI=1S/C20H19ClN2O5/c1-14(2)22(16-6-4-3-5-7-16)19(24)13-28-20(25)11-9-15-8-10-17(21)18(12-15)23(26)27/h3-12,14H,13H2,1-2H3/b11-9+. The smallest absolute Gasteiger partial charge is 0.331 e. The molecule has 0 aliphatic heterocycles. The van der Waals surface area contributed by atoms with E-state index in [-0.39, 0.29) is 22.7 Å². The molecule has 2 aromatic carbocycles. The molecule has 0 bridgehead atoms. The Bertz CT molecular complexity index is 897. The summed E-state index contributed by atoms with van der Waals surface area (Å²) in [5.74, 6) is -1.09. The van der Waals surface area contributed by atoms with Crippen molar-refractivity contribution in [1.82, 2.24) is 0 Å². The number of benzene rings is 2. The molecule has 0 unspecified atom stereocenters. The highest BCUT2D eigenvalue weighted by molar-refractivity contribution is 6.32. The van der Waals surface area contributed by atoms with Crippen molar-refractivity contribution in [1.29, 1.82) is 0 Å². The van der Waals surface area contributed by atoms with E-state index in [0.29, 0.717) is 11.3 Å². The van der Waals surface area contributed by atoms with E-state index >= 15 is 0 Å². The van der Waals surface area contributed by atoms with Gasteiger partial charge in [0.15, 0.2) is 6.61 Å². The molecule has 2 rings (SSSR count). The van der Waals surface area contributed by atoms with Gasteiger partial charge in [-0.1, -0.05) is 35.9 Å². The van der Waals surface area contributed by atoms with Crippen molar-refractivity contribution < 1.29 is 19.2 Å². The van der Waals surface area contributed by atoms with E-state index in [1.807, 2.05) is 32.0 Å². The first-order chi connectivity index (χ1) is 13.3. The fourth-order valence-corrected chi connectivity index (χ4v) is 2.69. The predicted molar refractivity (Wildman–Crippen MR) is 107 cm³/mol. The maximum absolute atomic E-state index is 12.5. The minimum Gasteiger partial charge on any atom is -0.452 e. The van der Waals surface area contributed by atoms with Gasteiger partial charge in [-0.2, -0.15) is 0 Å². The van der Waals surface area contributed by atoms with Crippen LogP contribution in [0.1, 0.15) is 19.4 Å². The number of esters is 1. The zero-order chi connectivity index (χ0) is 20.7. The number of anilines is 1. The van der Waals surface area contributed by atoms with Crippen molar-refractivity contribution in [3.05, 3.63) is 75.3 Å². The molecule has 0 aromatic heterocycles. The molecule has 0 radical (unpaired) electrons. The summed E-state index contributed by atoms with van der Waals surface area (Å²) >= 11 is 5.74. The molecular formula is C20H19ClN2O5. The number of amides is 1. The number of halogens is 1. The van der Waals surface area contributed by atoms with Gasteiger partial charge in [0.25, 0.3) is 11.6 Å². The van der Waals surface area contributed by atoms with E-state index in [1.54, 1.807) is 17.0 Å². The van der Waals surface area contributed by atoms with Gasteiger partial charge in [-0.05, 0) is 43.7 Å². The minimum absolute atomic E-state index is 0.00464. The minimum atomic E-state index is -0.734. The molecule has 1 amide bonds. The molecule has 146 valence electrons. The molecule has 8 heteroatoms. The molecule has 0 N–H and O–H groups in total. The van der Waals surface area contributed by atoms with Gasteiger partial charge in [-0.25, -0.2) is 4.79 Å². The Morgan fingerprint density at radius 2 is 1.89 bits per heavy atom. The molecule has 0 atom stereocenters. The first-order valence-electron chi connectivity index (χ1n) is 8.45. The van der Waals surface area contributed by atoms with Gasteiger partial charge >= 0.3 is 5.97 Å².